The predicted molar refractivity (Wildman–Crippen MR) is 284 cm³/mol. The maximum absolute atomic E-state index is 13.2. The Morgan fingerprint density at radius 1 is 0.619 bits per heavy atom. The van der Waals surface area contributed by atoms with Gasteiger partial charge in [-0.2, -0.15) is 8.42 Å². The zero-order valence-corrected chi connectivity index (χ0v) is 49.8. The highest BCUT2D eigenvalue weighted by Gasteiger charge is 2.64. The lowest BCUT2D eigenvalue weighted by Gasteiger charge is -2.60. The van der Waals surface area contributed by atoms with Crippen molar-refractivity contribution in [2.24, 2.45) is 40.4 Å². The van der Waals surface area contributed by atoms with E-state index in [1.165, 1.54) is 27.7 Å². The van der Waals surface area contributed by atoms with Gasteiger partial charge in [0.1, 0.15) is 97.3 Å². The van der Waals surface area contributed by atoms with E-state index in [0.717, 1.165) is 12.0 Å². The summed E-state index contributed by atoms with van der Waals surface area (Å²) in [5.74, 6) is -0.738. The second-order valence-corrected chi connectivity index (χ2v) is 27.7. The van der Waals surface area contributed by atoms with Crippen molar-refractivity contribution in [3.8, 4) is 0 Å². The van der Waals surface area contributed by atoms with Gasteiger partial charge in [0.05, 0.1) is 48.8 Å². The largest absolute Gasteiger partial charge is 0.397 e. The lowest BCUT2D eigenvalue weighted by Crippen LogP contribution is -2.66. The molecule has 5 saturated heterocycles. The molecule has 5 heterocycles. The molecule has 3 saturated carbocycles. The molecule has 9 rings (SSSR count). The molecule has 0 aromatic carbocycles. The fourth-order valence-electron chi connectivity index (χ4n) is 15.7. The minimum atomic E-state index is -4.87. The van der Waals surface area contributed by atoms with Crippen LogP contribution >= 0.6 is 0 Å². The van der Waals surface area contributed by atoms with E-state index in [4.69, 9.17) is 51.6 Å². The van der Waals surface area contributed by atoms with Crippen molar-refractivity contribution in [2.75, 3.05) is 6.61 Å². The number of aliphatic hydroxyl groups excluding tert-OH is 11. The highest BCUT2D eigenvalue weighted by molar-refractivity contribution is 7.80. The van der Waals surface area contributed by atoms with Crippen molar-refractivity contribution in [3.05, 3.63) is 11.6 Å². The minimum Gasteiger partial charge on any atom is -0.389 e. The van der Waals surface area contributed by atoms with Crippen LogP contribution in [0.2, 0.25) is 0 Å². The van der Waals surface area contributed by atoms with E-state index < -0.39 is 199 Å². The fraction of sp³-hybridized carbons (Fsp3) is 0.946. The van der Waals surface area contributed by atoms with Gasteiger partial charge in [0.15, 0.2) is 31.5 Å². The Labute approximate surface area is 489 Å². The number of rotatable bonds is 17. The first-order valence-electron chi connectivity index (χ1n) is 29.7. The number of ether oxygens (including phenoxy) is 10. The first-order valence-corrected chi connectivity index (χ1v) is 31.1. The molecule has 0 aromatic rings. The molecule has 0 aromatic heterocycles. The van der Waals surface area contributed by atoms with Crippen LogP contribution in [-0.4, -0.2) is 252 Å². The average Bonchev–Trinajstić information content (AvgIpc) is 1.36. The number of carbonyl (C=O) groups is 1. The predicted octanol–water partition coefficient (Wildman–Crippen LogP) is -1.65. The van der Waals surface area contributed by atoms with E-state index in [9.17, 15) is 79.0 Å². The summed E-state index contributed by atoms with van der Waals surface area (Å²) in [7, 11) is -4.87. The molecule has 0 amide bonds. The lowest BCUT2D eigenvalue weighted by atomic mass is 9.47. The molecule has 4 unspecified atom stereocenters. The molecule has 484 valence electrons. The number of aliphatic hydroxyl groups is 12. The maximum atomic E-state index is 13.2. The first kappa shape index (κ1) is 66.8. The van der Waals surface area contributed by atoms with Crippen LogP contribution in [-0.2, 0) is 66.7 Å². The molecule has 33 atom stereocenters. The van der Waals surface area contributed by atoms with E-state index in [1.54, 1.807) is 6.92 Å². The number of allylic oxidation sites excluding steroid dienone is 2. The molecule has 5 aliphatic heterocycles. The second kappa shape index (κ2) is 25.6. The van der Waals surface area contributed by atoms with E-state index in [1.807, 2.05) is 13.8 Å². The molecule has 0 bridgehead atoms. The van der Waals surface area contributed by atoms with Gasteiger partial charge < -0.3 is 109 Å². The van der Waals surface area contributed by atoms with Gasteiger partial charge in [0.25, 0.3) is 0 Å². The van der Waals surface area contributed by atoms with Gasteiger partial charge in [-0.3, -0.25) is 9.35 Å². The van der Waals surface area contributed by atoms with Crippen LogP contribution in [0.1, 0.15) is 120 Å². The van der Waals surface area contributed by atoms with Gasteiger partial charge in [-0.15, -0.1) is 0 Å². The Bertz CT molecular complexity index is 2400. The molecular weight excluding hydrogens is 1140 g/mol. The van der Waals surface area contributed by atoms with Gasteiger partial charge in [-0.1, -0.05) is 39.3 Å². The highest BCUT2D eigenvalue weighted by Crippen LogP contribution is 2.67. The fourth-order valence-corrected chi connectivity index (χ4v) is 16.2. The molecule has 84 heavy (non-hydrogen) atoms. The number of carbonyl (C=O) groups excluding carboxylic acids is 1. The molecule has 28 heteroatoms. The molecule has 4 aliphatic carbocycles. The molecule has 0 spiro atoms. The summed E-state index contributed by atoms with van der Waals surface area (Å²) in [5, 5.41) is 135. The number of hydrogen-bond acceptors (Lipinski definition) is 26. The standard InChI is InChI=1S/C56H92O27S/c1-21(2)16-26(57)19-56(9,69)34-11-10-29-28-18-32(31-17-27(83-84(70,71)72)12-14-54(31,7)30(28)13-15-55(29,34)8)78-51-45(68)46(38(61)25(6)76-51)80-52-47(81-49-43(66)40(63)35(58)22(3)74-49)39(62)33(20-73-52)79-53-48(42(65)37(60)24(5)77-53)82-50-44(67)41(64)36(59)23(4)75-50/h13,21-25,27-29,31-53,58-69H,10-12,14-20H2,1-9H3,(H,70,71,72)/t22-,23-,24-,25-,27+,28?,29?,31?,32+,33-,34+,35-,36+,37-,38-,39+,40+,41+,42+,43-,44-,45-,46+,47-,48-,49+,50+,51+,52+,53+,54-,55+,56?/m1/s1. The summed E-state index contributed by atoms with van der Waals surface area (Å²) in [6, 6.07) is 0. The summed E-state index contributed by atoms with van der Waals surface area (Å²) in [5.41, 5.74) is -1.22. The van der Waals surface area contributed by atoms with Crippen LogP contribution in [0.3, 0.4) is 0 Å². The van der Waals surface area contributed by atoms with Crippen molar-refractivity contribution >= 4 is 16.2 Å². The zero-order valence-electron chi connectivity index (χ0n) is 49.0. The van der Waals surface area contributed by atoms with Gasteiger partial charge in [0.2, 0.25) is 0 Å². The quantitative estimate of drug-likeness (QED) is 0.0573. The number of ketones is 1. The van der Waals surface area contributed by atoms with E-state index >= 15 is 0 Å². The summed E-state index contributed by atoms with van der Waals surface area (Å²) >= 11 is 0. The normalized spacial score (nSPS) is 51.7. The van der Waals surface area contributed by atoms with Crippen molar-refractivity contribution in [1.29, 1.82) is 0 Å². The molecule has 9 aliphatic rings. The number of hydrogen-bond donors (Lipinski definition) is 13. The third-order valence-corrected chi connectivity index (χ3v) is 20.8. The smallest absolute Gasteiger partial charge is 0.389 e. The Morgan fingerprint density at radius 3 is 1.70 bits per heavy atom. The van der Waals surface area contributed by atoms with Gasteiger partial charge >= 0.3 is 10.4 Å². The third kappa shape index (κ3) is 13.1. The maximum Gasteiger partial charge on any atom is 0.397 e. The van der Waals surface area contributed by atoms with Gasteiger partial charge in [0, 0.05) is 12.8 Å². The number of fused-ring (bicyclic) bond motifs is 5. The third-order valence-electron chi connectivity index (χ3n) is 20.3. The second-order valence-electron chi connectivity index (χ2n) is 26.7. The number of Topliss-reactive ketones (excluding diaryl/α,β-unsaturated/α-hetero) is 1. The topological polar surface area (TPSA) is 416 Å². The van der Waals surface area contributed by atoms with Crippen LogP contribution in [0.4, 0.5) is 0 Å². The Hall–Kier alpha value is -1.60. The highest BCUT2D eigenvalue weighted by atomic mass is 32.3. The molecule has 27 nitrogen and oxygen atoms in total. The summed E-state index contributed by atoms with van der Waals surface area (Å²) in [6.07, 6.45) is -35.2. The van der Waals surface area contributed by atoms with Crippen molar-refractivity contribution in [2.45, 2.75) is 285 Å². The van der Waals surface area contributed by atoms with Crippen LogP contribution in [0, 0.1) is 40.4 Å². The van der Waals surface area contributed by atoms with Crippen LogP contribution in [0.15, 0.2) is 11.6 Å². The Morgan fingerprint density at radius 2 is 1.13 bits per heavy atom. The van der Waals surface area contributed by atoms with E-state index in [-0.39, 0.29) is 48.7 Å². The van der Waals surface area contributed by atoms with E-state index in [0.29, 0.717) is 32.1 Å². The molecular formula is C56H92O27S. The Kier molecular flexibility index (Phi) is 20.4. The Balaban J connectivity index is 0.978. The summed E-state index contributed by atoms with van der Waals surface area (Å²) in [4.78, 5) is 13.2. The van der Waals surface area contributed by atoms with Crippen molar-refractivity contribution in [3.63, 3.8) is 0 Å². The van der Waals surface area contributed by atoms with Gasteiger partial charge in [-0.05, 0) is 120 Å². The first-order chi connectivity index (χ1) is 39.1. The summed E-state index contributed by atoms with van der Waals surface area (Å²) in [6.45, 7) is 15.0. The van der Waals surface area contributed by atoms with Crippen LogP contribution in [0.5, 0.6) is 0 Å². The minimum absolute atomic E-state index is 0.00676. The lowest BCUT2D eigenvalue weighted by molar-refractivity contribution is -0.397. The molecule has 8 fully saturated rings. The van der Waals surface area contributed by atoms with Crippen molar-refractivity contribution in [1.82, 2.24) is 0 Å². The van der Waals surface area contributed by atoms with Crippen LogP contribution < -0.4 is 0 Å². The summed E-state index contributed by atoms with van der Waals surface area (Å²) < 4.78 is 101. The van der Waals surface area contributed by atoms with Crippen molar-refractivity contribution < 1.29 is 131 Å². The zero-order chi connectivity index (χ0) is 61.6. The monoisotopic (exact) mass is 1230 g/mol. The average molecular weight is 1230 g/mol. The van der Waals surface area contributed by atoms with E-state index in [2.05, 4.69) is 19.9 Å². The van der Waals surface area contributed by atoms with Crippen LogP contribution in [0.25, 0.3) is 0 Å². The van der Waals surface area contributed by atoms with Gasteiger partial charge in [-0.25, -0.2) is 4.18 Å². The SMILES string of the molecule is CC(C)CC(=O)CC(C)(O)[C@H]1CCC2C3C[C@H](O[C@@H]4O[C@H](C)[C@@H](O)[C@H](O[C@@H]5OC[C@@H](O[C@@H]6O[C@H](C)[C@@H](O)[C@H](O)[C@H]6O[C@@H]6O[C@H](C)[C@H](O)[C@H](O)[C@H]6O)[C@H](O)[C@H]5O[C@@H]5O[C@H](C)[C@@H](O)[C@H](O)[C@H]5O)[C@H]4O)C4C[C@@H](OS(=O)(=O)O)CC[C@]4(C)C3=CC[C@@]21C. The molecule has 0 radical (unpaired) electrons. The molecule has 13 N–H and O–H groups in total.